The number of anilines is 1. The van der Waals surface area contributed by atoms with Crippen LogP contribution >= 0.6 is 0 Å². The average Bonchev–Trinajstić information content (AvgIpc) is 3.40. The molecule has 1 saturated carbocycles. The molecule has 6 heteroatoms. The van der Waals surface area contributed by atoms with Crippen molar-refractivity contribution in [1.82, 2.24) is 10.1 Å². The van der Waals surface area contributed by atoms with Crippen molar-refractivity contribution < 1.29 is 14.1 Å². The fourth-order valence-electron chi connectivity index (χ4n) is 3.45. The molecule has 0 aliphatic heterocycles. The van der Waals surface area contributed by atoms with Crippen molar-refractivity contribution in [3.8, 4) is 11.4 Å². The fourth-order valence-corrected chi connectivity index (χ4v) is 3.45. The van der Waals surface area contributed by atoms with Crippen LogP contribution in [0.3, 0.4) is 0 Å². The Morgan fingerprint density at radius 2 is 1.61 bits per heavy atom. The molecular formula is C22H21N3O3. The molecule has 1 aliphatic carbocycles. The molecule has 0 radical (unpaired) electrons. The molecule has 28 heavy (non-hydrogen) atoms. The fraction of sp³-hybridized carbons (Fsp3) is 0.273. The minimum atomic E-state index is -0.220. The molecule has 0 bridgehead atoms. The van der Waals surface area contributed by atoms with Gasteiger partial charge in [-0.3, -0.25) is 9.59 Å². The number of hydrogen-bond acceptors (Lipinski definition) is 5. The highest BCUT2D eigenvalue weighted by atomic mass is 16.5. The van der Waals surface area contributed by atoms with E-state index >= 15 is 0 Å². The van der Waals surface area contributed by atoms with Crippen LogP contribution in [0, 0.1) is 0 Å². The highest BCUT2D eigenvalue weighted by Gasteiger charge is 2.23. The van der Waals surface area contributed by atoms with Crippen molar-refractivity contribution in [2.45, 2.75) is 38.5 Å². The van der Waals surface area contributed by atoms with Crippen LogP contribution in [0.15, 0.2) is 53.1 Å². The molecule has 6 nitrogen and oxygen atoms in total. The third-order valence-corrected chi connectivity index (χ3v) is 5.10. The van der Waals surface area contributed by atoms with Gasteiger partial charge in [0.2, 0.25) is 11.7 Å². The zero-order valence-electron chi connectivity index (χ0n) is 15.6. The minimum absolute atomic E-state index is 0.00832. The van der Waals surface area contributed by atoms with Gasteiger partial charge in [-0.1, -0.05) is 30.1 Å². The molecule has 1 fully saturated rings. The number of carbonyl (C=O) groups is 2. The Kier molecular flexibility index (Phi) is 5.02. The number of carbonyl (C=O) groups excluding carboxylic acids is 2. The van der Waals surface area contributed by atoms with Crippen LogP contribution in [0.4, 0.5) is 5.69 Å². The molecular weight excluding hydrogens is 354 g/mol. The van der Waals surface area contributed by atoms with E-state index < -0.39 is 0 Å². The molecule has 1 aliphatic rings. The van der Waals surface area contributed by atoms with Crippen molar-refractivity contribution in [1.29, 1.82) is 0 Å². The first-order chi connectivity index (χ1) is 13.6. The summed E-state index contributed by atoms with van der Waals surface area (Å²) in [6.45, 7) is 1.51. The highest BCUT2D eigenvalue weighted by Crippen LogP contribution is 2.33. The second-order valence-electron chi connectivity index (χ2n) is 7.10. The van der Waals surface area contributed by atoms with E-state index in [1.165, 1.54) is 19.8 Å². The van der Waals surface area contributed by atoms with Crippen LogP contribution in [-0.4, -0.2) is 21.8 Å². The zero-order valence-corrected chi connectivity index (χ0v) is 15.6. The average molecular weight is 375 g/mol. The van der Waals surface area contributed by atoms with Gasteiger partial charge in [0.1, 0.15) is 0 Å². The predicted molar refractivity (Wildman–Crippen MR) is 105 cm³/mol. The van der Waals surface area contributed by atoms with Crippen molar-refractivity contribution in [3.63, 3.8) is 0 Å². The summed E-state index contributed by atoms with van der Waals surface area (Å²) < 4.78 is 5.42. The third kappa shape index (κ3) is 3.86. The molecule has 0 saturated heterocycles. The maximum absolute atomic E-state index is 12.4. The molecule has 0 atom stereocenters. The first-order valence-corrected chi connectivity index (χ1v) is 9.46. The van der Waals surface area contributed by atoms with Crippen LogP contribution in [0.5, 0.6) is 0 Å². The first-order valence-electron chi connectivity index (χ1n) is 9.46. The highest BCUT2D eigenvalue weighted by molar-refractivity contribution is 6.04. The molecule has 2 aromatic carbocycles. The lowest BCUT2D eigenvalue weighted by Gasteiger charge is -2.06. The van der Waals surface area contributed by atoms with E-state index in [0.717, 1.165) is 18.4 Å². The molecule has 1 aromatic heterocycles. The topological polar surface area (TPSA) is 85.1 Å². The van der Waals surface area contributed by atoms with Gasteiger partial charge in [-0.05, 0) is 56.2 Å². The second kappa shape index (κ2) is 7.76. The van der Waals surface area contributed by atoms with Crippen LogP contribution < -0.4 is 5.32 Å². The Balaban J connectivity index is 1.43. The quantitative estimate of drug-likeness (QED) is 0.644. The van der Waals surface area contributed by atoms with Gasteiger partial charge in [0, 0.05) is 28.3 Å². The van der Waals surface area contributed by atoms with E-state index in [1.807, 2.05) is 12.1 Å². The number of hydrogen-bond donors (Lipinski definition) is 1. The third-order valence-electron chi connectivity index (χ3n) is 5.10. The van der Waals surface area contributed by atoms with Crippen LogP contribution in [0.25, 0.3) is 11.4 Å². The number of nitrogens with zero attached hydrogens (tertiary/aromatic N) is 2. The van der Waals surface area contributed by atoms with Gasteiger partial charge in [-0.25, -0.2) is 0 Å². The summed E-state index contributed by atoms with van der Waals surface area (Å²) in [4.78, 5) is 28.3. The van der Waals surface area contributed by atoms with Gasteiger partial charge in [0.15, 0.2) is 5.78 Å². The van der Waals surface area contributed by atoms with Crippen LogP contribution in [0.1, 0.15) is 65.1 Å². The Labute approximate surface area is 163 Å². The molecule has 1 N–H and O–H groups in total. The van der Waals surface area contributed by atoms with Crippen molar-refractivity contribution in [2.75, 3.05) is 5.32 Å². The number of ketones is 1. The van der Waals surface area contributed by atoms with E-state index in [4.69, 9.17) is 4.52 Å². The number of rotatable bonds is 5. The van der Waals surface area contributed by atoms with Gasteiger partial charge < -0.3 is 9.84 Å². The molecule has 4 rings (SSSR count). The van der Waals surface area contributed by atoms with Crippen molar-refractivity contribution in [3.05, 3.63) is 65.5 Å². The molecule has 0 spiro atoms. The minimum Gasteiger partial charge on any atom is -0.339 e. The lowest BCUT2D eigenvalue weighted by Crippen LogP contribution is -2.11. The summed E-state index contributed by atoms with van der Waals surface area (Å²) in [7, 11) is 0. The van der Waals surface area contributed by atoms with E-state index in [-0.39, 0.29) is 11.7 Å². The summed E-state index contributed by atoms with van der Waals surface area (Å²) in [5.41, 5.74) is 2.59. The van der Waals surface area contributed by atoms with Gasteiger partial charge in [-0.2, -0.15) is 4.98 Å². The Morgan fingerprint density at radius 3 is 2.25 bits per heavy atom. The first kappa shape index (κ1) is 18.1. The standard InChI is InChI=1S/C22H21N3O3/c1-14(26)15-10-12-19(13-11-15)23-21(27)17-8-6-16(7-9-17)20-24-22(28-25-20)18-4-2-3-5-18/h6-13,18H,2-5H2,1H3,(H,23,27). The summed E-state index contributed by atoms with van der Waals surface area (Å²) in [5.74, 6) is 1.41. The normalized spacial score (nSPS) is 14.2. The largest absolute Gasteiger partial charge is 0.339 e. The molecule has 142 valence electrons. The van der Waals surface area contributed by atoms with Gasteiger partial charge in [0.25, 0.3) is 5.91 Å². The summed E-state index contributed by atoms with van der Waals surface area (Å²) in [6, 6.07) is 13.9. The zero-order chi connectivity index (χ0) is 19.5. The van der Waals surface area contributed by atoms with E-state index in [1.54, 1.807) is 36.4 Å². The number of nitrogens with one attached hydrogen (secondary N) is 1. The smallest absolute Gasteiger partial charge is 0.255 e. The number of Topliss-reactive ketones (excluding diaryl/α,β-unsaturated/α-hetero) is 1. The van der Waals surface area contributed by atoms with Crippen LogP contribution in [0.2, 0.25) is 0 Å². The maximum atomic E-state index is 12.4. The second-order valence-corrected chi connectivity index (χ2v) is 7.10. The lowest BCUT2D eigenvalue weighted by atomic mass is 10.1. The number of amides is 1. The maximum Gasteiger partial charge on any atom is 0.255 e. The monoisotopic (exact) mass is 375 g/mol. The summed E-state index contributed by atoms with van der Waals surface area (Å²) >= 11 is 0. The summed E-state index contributed by atoms with van der Waals surface area (Å²) in [5, 5.41) is 6.91. The molecule has 1 amide bonds. The Bertz CT molecular complexity index is 985. The molecule has 1 heterocycles. The Hall–Kier alpha value is -3.28. The number of benzene rings is 2. The van der Waals surface area contributed by atoms with Gasteiger partial charge >= 0.3 is 0 Å². The van der Waals surface area contributed by atoms with Crippen LogP contribution in [-0.2, 0) is 0 Å². The molecule has 0 unspecified atom stereocenters. The Morgan fingerprint density at radius 1 is 0.964 bits per heavy atom. The molecule has 3 aromatic rings. The van der Waals surface area contributed by atoms with E-state index in [9.17, 15) is 9.59 Å². The predicted octanol–water partition coefficient (Wildman–Crippen LogP) is 4.85. The van der Waals surface area contributed by atoms with Crippen molar-refractivity contribution >= 4 is 17.4 Å². The van der Waals surface area contributed by atoms with Gasteiger partial charge in [-0.15, -0.1) is 0 Å². The van der Waals surface area contributed by atoms with Crippen molar-refractivity contribution in [2.24, 2.45) is 0 Å². The van der Waals surface area contributed by atoms with E-state index in [2.05, 4.69) is 15.5 Å². The SMILES string of the molecule is CC(=O)c1ccc(NC(=O)c2ccc(-c3noc(C4CCCC4)n3)cc2)cc1. The van der Waals surface area contributed by atoms with Gasteiger partial charge in [0.05, 0.1) is 0 Å². The van der Waals surface area contributed by atoms with E-state index in [0.29, 0.717) is 34.4 Å². The number of aromatic nitrogens is 2. The lowest BCUT2D eigenvalue weighted by molar-refractivity contribution is 0.101. The summed E-state index contributed by atoms with van der Waals surface area (Å²) in [6.07, 6.45) is 4.63.